The highest BCUT2D eigenvalue weighted by Gasteiger charge is 2.33. The minimum atomic E-state index is -1.22. The van der Waals surface area contributed by atoms with Crippen molar-refractivity contribution in [2.75, 3.05) is 19.6 Å². The second-order valence-corrected chi connectivity index (χ2v) is 15.5. The number of carbonyl (C=O) groups is 7. The molecular formula is C44H59N11O7. The molecule has 3 heterocycles. The molecule has 0 aliphatic carbocycles. The quantitative estimate of drug-likeness (QED) is 0.0952. The van der Waals surface area contributed by atoms with E-state index in [1.807, 2.05) is 44.2 Å². The lowest BCUT2D eigenvalue weighted by atomic mass is 9.91. The van der Waals surface area contributed by atoms with Gasteiger partial charge in [-0.3, -0.25) is 33.6 Å². The number of para-hydroxylation sites is 1. The van der Waals surface area contributed by atoms with Gasteiger partial charge in [-0.15, -0.1) is 0 Å². The molecule has 1 fully saturated rings. The molecule has 7 amide bonds. The fourth-order valence-electron chi connectivity index (χ4n) is 7.62. The van der Waals surface area contributed by atoms with Gasteiger partial charge < -0.3 is 52.9 Å². The van der Waals surface area contributed by atoms with Crippen LogP contribution >= 0.6 is 0 Å². The van der Waals surface area contributed by atoms with E-state index in [1.165, 1.54) is 12.5 Å². The number of H-pyrrole nitrogens is 2. The molecule has 2 aromatic carbocycles. The van der Waals surface area contributed by atoms with Crippen molar-refractivity contribution in [1.82, 2.24) is 52.2 Å². The van der Waals surface area contributed by atoms with Crippen LogP contribution < -0.4 is 43.0 Å². The number of nitrogens with zero attached hydrogens (tertiary/aromatic N) is 1. The summed E-state index contributed by atoms with van der Waals surface area (Å²) in [4.78, 5) is 107. The second-order valence-electron chi connectivity index (χ2n) is 15.5. The number of aromatic amines is 2. The number of fused-ring (bicyclic) bond motifs is 1. The predicted molar refractivity (Wildman–Crippen MR) is 232 cm³/mol. The van der Waals surface area contributed by atoms with Crippen molar-refractivity contribution in [2.24, 2.45) is 11.7 Å². The number of nitrogens with two attached hydrogens (primary N) is 1. The molecule has 0 radical (unpaired) electrons. The van der Waals surface area contributed by atoms with E-state index in [0.29, 0.717) is 30.5 Å². The van der Waals surface area contributed by atoms with E-state index in [4.69, 9.17) is 5.73 Å². The van der Waals surface area contributed by atoms with Crippen molar-refractivity contribution in [2.45, 2.75) is 102 Å². The smallest absolute Gasteiger partial charge is 0.243 e. The fraction of sp³-hybridized carbons (Fsp3) is 0.455. The maximum atomic E-state index is 14.3. The van der Waals surface area contributed by atoms with Crippen LogP contribution in [-0.4, -0.2) is 106 Å². The van der Waals surface area contributed by atoms with Crippen LogP contribution in [0.4, 0.5) is 0 Å². The molecule has 11 N–H and O–H groups in total. The van der Waals surface area contributed by atoms with Crippen molar-refractivity contribution >= 4 is 52.3 Å². The Labute approximate surface area is 360 Å². The van der Waals surface area contributed by atoms with Crippen LogP contribution in [0.1, 0.15) is 69.2 Å². The molecule has 1 saturated heterocycles. The Balaban J connectivity index is 1.49. The molecule has 0 spiro atoms. The summed E-state index contributed by atoms with van der Waals surface area (Å²) in [5.74, 6) is -4.23. The van der Waals surface area contributed by atoms with Crippen molar-refractivity contribution in [3.63, 3.8) is 0 Å². The summed E-state index contributed by atoms with van der Waals surface area (Å²) in [6.45, 7) is 3.63. The second kappa shape index (κ2) is 23.4. The Morgan fingerprint density at radius 2 is 1.34 bits per heavy atom. The number of benzene rings is 2. The molecule has 2 unspecified atom stereocenters. The molecule has 18 heteroatoms. The lowest BCUT2D eigenvalue weighted by Gasteiger charge is -2.28. The maximum Gasteiger partial charge on any atom is 0.243 e. The molecular weight excluding hydrogens is 795 g/mol. The van der Waals surface area contributed by atoms with Gasteiger partial charge in [0.15, 0.2) is 0 Å². The third kappa shape index (κ3) is 13.7. The van der Waals surface area contributed by atoms with Gasteiger partial charge >= 0.3 is 0 Å². The van der Waals surface area contributed by atoms with Crippen LogP contribution in [0.5, 0.6) is 0 Å². The van der Waals surface area contributed by atoms with Gasteiger partial charge in [0, 0.05) is 73.7 Å². The van der Waals surface area contributed by atoms with Crippen molar-refractivity contribution < 1.29 is 33.6 Å². The number of rotatable bonds is 12. The molecule has 1 aliphatic rings. The molecule has 0 saturated carbocycles. The lowest BCUT2D eigenvalue weighted by molar-refractivity contribution is -0.135. The first-order chi connectivity index (χ1) is 30.0. The summed E-state index contributed by atoms with van der Waals surface area (Å²) >= 11 is 0. The van der Waals surface area contributed by atoms with Gasteiger partial charge in [-0.25, -0.2) is 4.98 Å². The number of carbonyl (C=O) groups excluding carboxylic acids is 7. The fourth-order valence-corrected chi connectivity index (χ4v) is 7.62. The van der Waals surface area contributed by atoms with Gasteiger partial charge in [0.2, 0.25) is 41.4 Å². The predicted octanol–water partition coefficient (Wildman–Crippen LogP) is 0.544. The van der Waals surface area contributed by atoms with Crippen molar-refractivity contribution in [1.29, 1.82) is 0 Å². The first kappa shape index (κ1) is 46.5. The van der Waals surface area contributed by atoms with Crippen molar-refractivity contribution in [3.8, 4) is 0 Å². The zero-order chi connectivity index (χ0) is 44.4. The third-order valence-corrected chi connectivity index (χ3v) is 11.1. The summed E-state index contributed by atoms with van der Waals surface area (Å²) in [7, 11) is 0. The summed E-state index contributed by atoms with van der Waals surface area (Å²) < 4.78 is 0. The minimum absolute atomic E-state index is 0.000367. The van der Waals surface area contributed by atoms with Crippen molar-refractivity contribution in [3.05, 3.63) is 90.1 Å². The van der Waals surface area contributed by atoms with Gasteiger partial charge in [0.25, 0.3) is 0 Å². The van der Waals surface area contributed by atoms with E-state index < -0.39 is 78.1 Å². The Morgan fingerprint density at radius 1 is 0.677 bits per heavy atom. The van der Waals surface area contributed by atoms with Crippen LogP contribution in [-0.2, 0) is 52.8 Å². The average Bonchev–Trinajstić information content (AvgIpc) is 3.94. The largest absolute Gasteiger partial charge is 0.361 e. The van der Waals surface area contributed by atoms with Crippen LogP contribution in [0.25, 0.3) is 10.9 Å². The highest BCUT2D eigenvalue weighted by molar-refractivity contribution is 5.97. The van der Waals surface area contributed by atoms with E-state index >= 15 is 0 Å². The maximum absolute atomic E-state index is 14.3. The molecule has 332 valence electrons. The summed E-state index contributed by atoms with van der Waals surface area (Å²) in [6.07, 6.45) is 6.29. The summed E-state index contributed by atoms with van der Waals surface area (Å²) in [5.41, 5.74) is 8.67. The number of hydrogen-bond acceptors (Lipinski definition) is 9. The Hall–Kier alpha value is -6.56. The van der Waals surface area contributed by atoms with E-state index in [9.17, 15) is 33.6 Å². The molecule has 2 aromatic heterocycles. The van der Waals surface area contributed by atoms with E-state index in [0.717, 1.165) is 16.5 Å². The molecule has 18 nitrogen and oxygen atoms in total. The summed E-state index contributed by atoms with van der Waals surface area (Å²) in [6, 6.07) is 11.1. The monoisotopic (exact) mass is 853 g/mol. The van der Waals surface area contributed by atoms with E-state index in [1.54, 1.807) is 30.5 Å². The van der Waals surface area contributed by atoms with E-state index in [2.05, 4.69) is 52.2 Å². The molecule has 5 rings (SSSR count). The van der Waals surface area contributed by atoms with Gasteiger partial charge in [-0.05, 0) is 42.5 Å². The van der Waals surface area contributed by atoms with Crippen LogP contribution in [0.15, 0.2) is 73.3 Å². The minimum Gasteiger partial charge on any atom is -0.361 e. The summed E-state index contributed by atoms with van der Waals surface area (Å²) in [5, 5.41) is 20.3. The van der Waals surface area contributed by atoms with Gasteiger partial charge in [0.1, 0.15) is 24.2 Å². The lowest BCUT2D eigenvalue weighted by Crippen LogP contribution is -2.59. The zero-order valence-electron chi connectivity index (χ0n) is 35.3. The van der Waals surface area contributed by atoms with Gasteiger partial charge in [-0.2, -0.15) is 0 Å². The molecule has 62 heavy (non-hydrogen) atoms. The molecule has 0 bridgehead atoms. The van der Waals surface area contributed by atoms with Crippen LogP contribution in [0.3, 0.4) is 0 Å². The number of imidazole rings is 1. The van der Waals surface area contributed by atoms with Gasteiger partial charge in [0.05, 0.1) is 12.9 Å². The topological polar surface area (TPSA) is 274 Å². The standard InChI is InChI=1S/C44H59N11O7/c1-3-28(4-2)34-22-39(57)52-37(21-30-24-46-26-50-30)44(62)54-35(19-27-11-6-5-7-12-27)43(61)53-33(15-10-17-45)42(60)55-36(20-29-23-48-32-14-9-8-13-31(29)32)41(59)49-25-40(58)47-18-16-38(56)51-34/h5-9,11-14,23-24,26,28,33-37,48H,3-4,10,15-22,25,45H2,1-2H3,(H,46,50)(H,47,58)(H,49,59)(H,51,56)(H,52,57)(H,53,61)(H,54,62)(H,55,60)/t33-,34?,35?,36-,37-/m0/s1. The SMILES string of the molecule is CCC(CC)C1CC(=O)N[C@@H](Cc2cnc[nH]2)C(=O)NC(Cc2ccccc2)C(=O)N[C@@H](CCCN)C(=O)N[C@@H](Cc2c[nH]c3ccccc23)C(=O)NCC(=O)NCCC(=O)N1. The molecule has 1 aliphatic heterocycles. The highest BCUT2D eigenvalue weighted by atomic mass is 16.2. The zero-order valence-corrected chi connectivity index (χ0v) is 35.3. The highest BCUT2D eigenvalue weighted by Crippen LogP contribution is 2.20. The number of hydrogen-bond donors (Lipinski definition) is 10. The van der Waals surface area contributed by atoms with E-state index in [-0.39, 0.29) is 57.5 Å². The molecule has 4 aromatic rings. The Kier molecular flexibility index (Phi) is 17.6. The third-order valence-electron chi connectivity index (χ3n) is 11.1. The Bertz CT molecular complexity index is 2120. The number of nitrogens with one attached hydrogen (secondary N) is 9. The van der Waals surface area contributed by atoms with Crippen LogP contribution in [0, 0.1) is 5.92 Å². The Morgan fingerprint density at radius 3 is 2.03 bits per heavy atom. The first-order valence-corrected chi connectivity index (χ1v) is 21.3. The normalized spacial score (nSPS) is 21.9. The molecule has 5 atom stereocenters. The average molecular weight is 854 g/mol. The number of aromatic nitrogens is 3. The van der Waals surface area contributed by atoms with Gasteiger partial charge in [-0.1, -0.05) is 75.2 Å². The number of amides is 7. The first-order valence-electron chi connectivity index (χ1n) is 21.3. The van der Waals surface area contributed by atoms with Crippen LogP contribution in [0.2, 0.25) is 0 Å².